The summed E-state index contributed by atoms with van der Waals surface area (Å²) in [5.74, 6) is -1.45. The number of hydrogen-bond acceptors (Lipinski definition) is 3. The maximum atomic E-state index is 12.2. The molecule has 0 aliphatic carbocycles. The molecular weight excluding hydrogens is 230 g/mol. The first-order valence-electron chi connectivity index (χ1n) is 6.14. The van der Waals surface area contributed by atoms with Crippen LogP contribution >= 0.6 is 0 Å². The molecular formula is C14H17NO3. The zero-order valence-electron chi connectivity index (χ0n) is 10.7. The molecule has 4 heteroatoms. The van der Waals surface area contributed by atoms with Crippen LogP contribution in [0.4, 0.5) is 0 Å². The minimum absolute atomic E-state index is 0.182. The highest BCUT2D eigenvalue weighted by molar-refractivity contribution is 6.03. The fourth-order valence-electron chi connectivity index (χ4n) is 2.25. The lowest BCUT2D eigenvalue weighted by atomic mass is 9.93. The average Bonchev–Trinajstić information content (AvgIpc) is 2.49. The Labute approximate surface area is 107 Å². The van der Waals surface area contributed by atoms with Crippen LogP contribution in [0, 0.1) is 0 Å². The van der Waals surface area contributed by atoms with Crippen LogP contribution in [0.3, 0.4) is 0 Å². The highest BCUT2D eigenvalue weighted by atomic mass is 16.5. The van der Waals surface area contributed by atoms with Crippen molar-refractivity contribution in [1.29, 1.82) is 0 Å². The first-order valence-corrected chi connectivity index (χ1v) is 6.14. The minimum atomic E-state index is -0.811. The van der Waals surface area contributed by atoms with E-state index in [0.29, 0.717) is 6.54 Å². The Morgan fingerprint density at radius 3 is 2.89 bits per heavy atom. The van der Waals surface area contributed by atoms with Crippen LogP contribution in [0.2, 0.25) is 0 Å². The maximum Gasteiger partial charge on any atom is 0.323 e. The van der Waals surface area contributed by atoms with Crippen molar-refractivity contribution in [2.75, 3.05) is 20.2 Å². The molecule has 1 aromatic rings. The predicted octanol–water partition coefficient (Wildman–Crippen LogP) is 1.35. The van der Waals surface area contributed by atoms with E-state index in [-0.39, 0.29) is 12.5 Å². The summed E-state index contributed by atoms with van der Waals surface area (Å²) < 4.78 is 5.03. The normalized spacial score (nSPS) is 19.1. The van der Waals surface area contributed by atoms with Crippen molar-refractivity contribution in [3.63, 3.8) is 0 Å². The fourth-order valence-corrected chi connectivity index (χ4v) is 2.25. The van der Waals surface area contributed by atoms with E-state index in [1.165, 1.54) is 0 Å². The van der Waals surface area contributed by atoms with Gasteiger partial charge in [-0.2, -0.15) is 0 Å². The summed E-state index contributed by atoms with van der Waals surface area (Å²) in [5.41, 5.74) is 1.83. The molecule has 4 nitrogen and oxygen atoms in total. The monoisotopic (exact) mass is 247 g/mol. The Morgan fingerprint density at radius 1 is 1.44 bits per heavy atom. The van der Waals surface area contributed by atoms with Gasteiger partial charge in [0.15, 0.2) is 5.92 Å². The molecule has 1 amide bonds. The lowest BCUT2D eigenvalue weighted by Gasteiger charge is -2.19. The Hall–Kier alpha value is -1.84. The van der Waals surface area contributed by atoms with Gasteiger partial charge in [-0.05, 0) is 24.5 Å². The first kappa shape index (κ1) is 12.6. The van der Waals surface area contributed by atoms with E-state index < -0.39 is 11.9 Å². The van der Waals surface area contributed by atoms with Gasteiger partial charge in [0.1, 0.15) is 0 Å². The molecule has 0 N–H and O–H groups in total. The third-order valence-corrected chi connectivity index (χ3v) is 3.23. The summed E-state index contributed by atoms with van der Waals surface area (Å²) in [6, 6.07) is 7.59. The summed E-state index contributed by atoms with van der Waals surface area (Å²) >= 11 is 0. The molecule has 0 radical (unpaired) electrons. The van der Waals surface area contributed by atoms with Crippen LogP contribution in [0.15, 0.2) is 24.3 Å². The number of rotatable bonds is 2. The lowest BCUT2D eigenvalue weighted by Crippen LogP contribution is -2.35. The molecule has 0 bridgehead atoms. The molecule has 2 rings (SSSR count). The molecule has 0 aromatic heterocycles. The van der Waals surface area contributed by atoms with Gasteiger partial charge in [0.05, 0.1) is 6.61 Å². The molecule has 0 unspecified atom stereocenters. The van der Waals surface area contributed by atoms with Gasteiger partial charge < -0.3 is 9.64 Å². The van der Waals surface area contributed by atoms with Gasteiger partial charge in [0.2, 0.25) is 5.91 Å². The van der Waals surface area contributed by atoms with E-state index in [1.807, 2.05) is 24.3 Å². The van der Waals surface area contributed by atoms with E-state index in [2.05, 4.69) is 0 Å². The van der Waals surface area contributed by atoms with Gasteiger partial charge in [0, 0.05) is 13.6 Å². The van der Waals surface area contributed by atoms with Gasteiger partial charge in [-0.25, -0.2) is 0 Å². The van der Waals surface area contributed by atoms with Gasteiger partial charge in [-0.15, -0.1) is 0 Å². The number of carbonyl (C=O) groups excluding carboxylic acids is 2. The topological polar surface area (TPSA) is 46.6 Å². The molecule has 96 valence electrons. The van der Waals surface area contributed by atoms with E-state index in [0.717, 1.165) is 17.5 Å². The lowest BCUT2D eigenvalue weighted by molar-refractivity contribution is -0.150. The Balaban J connectivity index is 2.44. The molecule has 1 atom stereocenters. The van der Waals surface area contributed by atoms with Crippen LogP contribution in [0.5, 0.6) is 0 Å². The van der Waals surface area contributed by atoms with E-state index >= 15 is 0 Å². The summed E-state index contributed by atoms with van der Waals surface area (Å²) in [4.78, 5) is 25.8. The van der Waals surface area contributed by atoms with Gasteiger partial charge in [-0.3, -0.25) is 9.59 Å². The smallest absolute Gasteiger partial charge is 0.323 e. The van der Waals surface area contributed by atoms with Crippen LogP contribution in [0.1, 0.15) is 24.0 Å². The molecule has 1 aliphatic rings. The Kier molecular flexibility index (Phi) is 3.65. The van der Waals surface area contributed by atoms with E-state index in [9.17, 15) is 9.59 Å². The third kappa shape index (κ3) is 2.23. The summed E-state index contributed by atoms with van der Waals surface area (Å²) in [5, 5.41) is 0. The van der Waals surface area contributed by atoms with Crippen molar-refractivity contribution in [3.05, 3.63) is 35.4 Å². The van der Waals surface area contributed by atoms with Crippen molar-refractivity contribution in [2.24, 2.45) is 0 Å². The third-order valence-electron chi connectivity index (χ3n) is 3.23. The van der Waals surface area contributed by atoms with E-state index in [4.69, 9.17) is 4.74 Å². The number of esters is 1. The first-order chi connectivity index (χ1) is 8.65. The number of amides is 1. The number of benzene rings is 1. The van der Waals surface area contributed by atoms with Crippen LogP contribution < -0.4 is 0 Å². The number of fused-ring (bicyclic) bond motifs is 1. The van der Waals surface area contributed by atoms with Crippen molar-refractivity contribution in [1.82, 2.24) is 4.90 Å². The van der Waals surface area contributed by atoms with Crippen molar-refractivity contribution in [2.45, 2.75) is 19.3 Å². The molecule has 0 fully saturated rings. The number of nitrogens with zero attached hydrogens (tertiary/aromatic N) is 1. The Morgan fingerprint density at radius 2 is 2.17 bits per heavy atom. The zero-order valence-corrected chi connectivity index (χ0v) is 10.7. The average molecular weight is 247 g/mol. The number of ether oxygens (including phenoxy) is 1. The standard InChI is InChI=1S/C14H17NO3/c1-3-18-14(17)12-11-7-5-4-6-10(11)8-9-15(2)13(12)16/h4-7,12H,3,8-9H2,1-2H3/t12-/m1/s1. The molecule has 1 aliphatic heterocycles. The zero-order chi connectivity index (χ0) is 13.1. The number of hydrogen-bond donors (Lipinski definition) is 0. The van der Waals surface area contributed by atoms with Gasteiger partial charge >= 0.3 is 5.97 Å². The second-order valence-electron chi connectivity index (χ2n) is 4.39. The van der Waals surface area contributed by atoms with Crippen molar-refractivity contribution in [3.8, 4) is 0 Å². The largest absolute Gasteiger partial charge is 0.465 e. The van der Waals surface area contributed by atoms with Crippen LogP contribution in [0.25, 0.3) is 0 Å². The molecule has 1 heterocycles. The fraction of sp³-hybridized carbons (Fsp3) is 0.429. The van der Waals surface area contributed by atoms with Crippen LogP contribution in [-0.4, -0.2) is 37.0 Å². The number of likely N-dealkylation sites (N-methyl/N-ethyl adjacent to an activating group) is 1. The van der Waals surface area contributed by atoms with Crippen molar-refractivity contribution < 1.29 is 14.3 Å². The summed E-state index contributed by atoms with van der Waals surface area (Å²) in [6.07, 6.45) is 0.772. The summed E-state index contributed by atoms with van der Waals surface area (Å²) in [7, 11) is 1.72. The maximum absolute atomic E-state index is 12.2. The molecule has 0 spiro atoms. The molecule has 0 saturated heterocycles. The van der Waals surface area contributed by atoms with Gasteiger partial charge in [-0.1, -0.05) is 24.3 Å². The molecule has 1 aromatic carbocycles. The SMILES string of the molecule is CCOC(=O)[C@H]1C(=O)N(C)CCc2ccccc21. The summed E-state index contributed by atoms with van der Waals surface area (Å²) in [6.45, 7) is 2.66. The Bertz CT molecular complexity index is 470. The molecule has 18 heavy (non-hydrogen) atoms. The quantitative estimate of drug-likeness (QED) is 0.585. The molecule has 0 saturated carbocycles. The van der Waals surface area contributed by atoms with E-state index in [1.54, 1.807) is 18.9 Å². The minimum Gasteiger partial charge on any atom is -0.465 e. The van der Waals surface area contributed by atoms with Crippen LogP contribution in [-0.2, 0) is 20.7 Å². The highest BCUT2D eigenvalue weighted by Gasteiger charge is 2.35. The highest BCUT2D eigenvalue weighted by Crippen LogP contribution is 2.27. The second-order valence-corrected chi connectivity index (χ2v) is 4.39. The second kappa shape index (κ2) is 5.21. The number of carbonyl (C=O) groups is 2. The predicted molar refractivity (Wildman–Crippen MR) is 67.2 cm³/mol. The van der Waals surface area contributed by atoms with Crippen molar-refractivity contribution >= 4 is 11.9 Å². The van der Waals surface area contributed by atoms with Gasteiger partial charge in [0.25, 0.3) is 0 Å².